The maximum absolute atomic E-state index is 13.3. The fraction of sp³-hybridized carbons (Fsp3) is 0.0833. The normalized spacial score (nSPS) is 18.2. The average Bonchev–Trinajstić information content (AvgIpc) is 3.04. The molecule has 32 heavy (non-hydrogen) atoms. The fourth-order valence-corrected chi connectivity index (χ4v) is 3.91. The van der Waals surface area contributed by atoms with Crippen LogP contribution in [0.4, 0.5) is 18.9 Å². The van der Waals surface area contributed by atoms with Crippen LogP contribution in [-0.2, 0) is 15.8 Å². The Morgan fingerprint density at radius 3 is 2.19 bits per heavy atom. The molecular weight excluding hydrogens is 487 g/mol. The number of hydrogen-bond donors (Lipinski definition) is 1. The topological polar surface area (TPSA) is 57.6 Å². The van der Waals surface area contributed by atoms with Gasteiger partial charge in [-0.05, 0) is 35.9 Å². The highest BCUT2D eigenvalue weighted by Gasteiger charge is 2.47. The van der Waals surface area contributed by atoms with Crippen LogP contribution in [-0.4, -0.2) is 16.8 Å². The smallest absolute Gasteiger partial charge is 0.416 e. The van der Waals surface area contributed by atoms with Crippen LogP contribution in [0, 0.1) is 0 Å². The Labute approximate surface area is 189 Å². The minimum Gasteiger partial charge on any atom is -0.507 e. The Bertz CT molecular complexity index is 1220. The number of nitrogens with zero attached hydrogens (tertiary/aromatic N) is 1. The molecule has 0 spiro atoms. The van der Waals surface area contributed by atoms with Gasteiger partial charge in [0, 0.05) is 15.7 Å². The summed E-state index contributed by atoms with van der Waals surface area (Å²) in [6.45, 7) is 0. The van der Waals surface area contributed by atoms with Crippen molar-refractivity contribution in [2.24, 2.45) is 0 Å². The summed E-state index contributed by atoms with van der Waals surface area (Å²) in [7, 11) is 0. The van der Waals surface area contributed by atoms with E-state index in [1.807, 2.05) is 0 Å². The van der Waals surface area contributed by atoms with Crippen molar-refractivity contribution in [3.8, 4) is 0 Å². The Balaban J connectivity index is 1.94. The Morgan fingerprint density at radius 1 is 0.906 bits per heavy atom. The standard InChI is InChI=1S/C24H15BrF3NO3/c25-17-11-9-14(10-12-17)20-19(21(30)15-5-2-1-3-6-15)22(31)23(32)29(20)18-8-4-7-16(13-18)24(26,27)28/h1-13,20,30H/t20-/m1/s1. The zero-order chi connectivity index (χ0) is 23.0. The molecule has 1 aliphatic rings. The third kappa shape index (κ3) is 3.93. The molecule has 0 bridgehead atoms. The number of anilines is 1. The number of benzene rings is 3. The maximum atomic E-state index is 13.3. The molecule has 8 heteroatoms. The maximum Gasteiger partial charge on any atom is 0.416 e. The summed E-state index contributed by atoms with van der Waals surface area (Å²) in [5.74, 6) is -2.39. The molecule has 4 rings (SSSR count). The number of aliphatic hydroxyl groups is 1. The Kier molecular flexibility index (Phi) is 5.64. The molecular formula is C24H15BrF3NO3. The Hall–Kier alpha value is -3.39. The summed E-state index contributed by atoms with van der Waals surface area (Å²) in [4.78, 5) is 27.0. The second-order valence-electron chi connectivity index (χ2n) is 7.13. The summed E-state index contributed by atoms with van der Waals surface area (Å²) >= 11 is 3.32. The SMILES string of the molecule is O=C1C(=O)N(c2cccc(C(F)(F)F)c2)[C@H](c2ccc(Br)cc2)C1=C(O)c1ccccc1. The zero-order valence-corrected chi connectivity index (χ0v) is 17.9. The van der Waals surface area contributed by atoms with E-state index in [9.17, 15) is 27.9 Å². The van der Waals surface area contributed by atoms with Gasteiger partial charge < -0.3 is 5.11 Å². The molecule has 0 radical (unpaired) electrons. The number of amides is 1. The number of ketones is 1. The van der Waals surface area contributed by atoms with Gasteiger partial charge in [-0.1, -0.05) is 64.5 Å². The quantitative estimate of drug-likeness (QED) is 0.268. The zero-order valence-electron chi connectivity index (χ0n) is 16.3. The number of carbonyl (C=O) groups is 2. The number of Topliss-reactive ketones (excluding diaryl/α,β-unsaturated/α-hetero) is 1. The van der Waals surface area contributed by atoms with Crippen molar-refractivity contribution >= 4 is 39.1 Å². The van der Waals surface area contributed by atoms with Gasteiger partial charge >= 0.3 is 6.18 Å². The molecule has 3 aromatic rings. The monoisotopic (exact) mass is 501 g/mol. The number of halogens is 4. The third-order valence-electron chi connectivity index (χ3n) is 5.13. The average molecular weight is 502 g/mol. The molecule has 0 aliphatic carbocycles. The van der Waals surface area contributed by atoms with Gasteiger partial charge in [-0.15, -0.1) is 0 Å². The largest absolute Gasteiger partial charge is 0.507 e. The van der Waals surface area contributed by atoms with Crippen molar-refractivity contribution in [3.05, 3.63) is 106 Å². The first kappa shape index (κ1) is 21.8. The first-order valence-corrected chi connectivity index (χ1v) is 10.3. The highest BCUT2D eigenvalue weighted by atomic mass is 79.9. The van der Waals surface area contributed by atoms with Crippen molar-refractivity contribution < 1.29 is 27.9 Å². The van der Waals surface area contributed by atoms with Crippen molar-refractivity contribution in [2.45, 2.75) is 12.2 Å². The number of alkyl halides is 3. The predicted molar refractivity (Wildman–Crippen MR) is 117 cm³/mol. The van der Waals surface area contributed by atoms with Gasteiger partial charge in [0.25, 0.3) is 11.7 Å². The Morgan fingerprint density at radius 2 is 1.56 bits per heavy atom. The number of rotatable bonds is 3. The van der Waals surface area contributed by atoms with E-state index in [-0.39, 0.29) is 11.3 Å². The van der Waals surface area contributed by atoms with Crippen LogP contribution >= 0.6 is 15.9 Å². The van der Waals surface area contributed by atoms with Crippen LogP contribution in [0.2, 0.25) is 0 Å². The number of aliphatic hydroxyl groups excluding tert-OH is 1. The highest BCUT2D eigenvalue weighted by Crippen LogP contribution is 2.43. The van der Waals surface area contributed by atoms with Gasteiger partial charge in [0.1, 0.15) is 5.76 Å². The molecule has 3 aromatic carbocycles. The second kappa shape index (κ2) is 8.27. The lowest BCUT2D eigenvalue weighted by molar-refractivity contribution is -0.137. The minimum atomic E-state index is -4.62. The lowest BCUT2D eigenvalue weighted by Gasteiger charge is -2.26. The van der Waals surface area contributed by atoms with E-state index in [2.05, 4.69) is 15.9 Å². The van der Waals surface area contributed by atoms with Crippen LogP contribution in [0.15, 0.2) is 88.9 Å². The van der Waals surface area contributed by atoms with E-state index < -0.39 is 35.2 Å². The van der Waals surface area contributed by atoms with Crippen molar-refractivity contribution in [2.75, 3.05) is 4.90 Å². The third-order valence-corrected chi connectivity index (χ3v) is 5.66. The molecule has 1 heterocycles. The van der Waals surface area contributed by atoms with E-state index in [1.54, 1.807) is 54.6 Å². The fourth-order valence-electron chi connectivity index (χ4n) is 3.64. The lowest BCUT2D eigenvalue weighted by Crippen LogP contribution is -2.29. The van der Waals surface area contributed by atoms with Crippen molar-refractivity contribution in [1.29, 1.82) is 0 Å². The number of carbonyl (C=O) groups excluding carboxylic acids is 2. The van der Waals surface area contributed by atoms with Gasteiger partial charge in [0.05, 0.1) is 17.2 Å². The summed E-state index contributed by atoms with van der Waals surface area (Å²) in [6.07, 6.45) is -4.62. The van der Waals surface area contributed by atoms with Crippen molar-refractivity contribution in [1.82, 2.24) is 0 Å². The first-order chi connectivity index (χ1) is 15.2. The van der Waals surface area contributed by atoms with E-state index in [1.165, 1.54) is 12.1 Å². The number of hydrogen-bond acceptors (Lipinski definition) is 3. The van der Waals surface area contributed by atoms with E-state index in [0.717, 1.165) is 21.5 Å². The van der Waals surface area contributed by atoms with E-state index in [0.29, 0.717) is 11.1 Å². The van der Waals surface area contributed by atoms with Gasteiger partial charge in [0.2, 0.25) is 0 Å². The van der Waals surface area contributed by atoms with Gasteiger partial charge in [-0.3, -0.25) is 14.5 Å². The van der Waals surface area contributed by atoms with Crippen molar-refractivity contribution in [3.63, 3.8) is 0 Å². The van der Waals surface area contributed by atoms with Gasteiger partial charge in [-0.25, -0.2) is 0 Å². The summed E-state index contributed by atoms with van der Waals surface area (Å²) in [5, 5.41) is 10.9. The molecule has 4 nitrogen and oxygen atoms in total. The van der Waals surface area contributed by atoms with Gasteiger partial charge in [0.15, 0.2) is 0 Å². The lowest BCUT2D eigenvalue weighted by atomic mass is 9.95. The van der Waals surface area contributed by atoms with Crippen LogP contribution in [0.3, 0.4) is 0 Å². The predicted octanol–water partition coefficient (Wildman–Crippen LogP) is 6.09. The molecule has 0 saturated carbocycles. The molecule has 1 fully saturated rings. The van der Waals surface area contributed by atoms with Crippen LogP contribution in [0.25, 0.3) is 5.76 Å². The molecule has 1 N–H and O–H groups in total. The molecule has 1 amide bonds. The molecule has 0 unspecified atom stereocenters. The molecule has 0 aromatic heterocycles. The molecule has 1 atom stereocenters. The molecule has 162 valence electrons. The van der Waals surface area contributed by atoms with E-state index in [4.69, 9.17) is 0 Å². The van der Waals surface area contributed by atoms with Crippen LogP contribution in [0.5, 0.6) is 0 Å². The van der Waals surface area contributed by atoms with Crippen LogP contribution in [0.1, 0.15) is 22.7 Å². The first-order valence-electron chi connectivity index (χ1n) is 9.47. The molecule has 1 saturated heterocycles. The highest BCUT2D eigenvalue weighted by molar-refractivity contribution is 9.10. The summed E-state index contributed by atoms with van der Waals surface area (Å²) in [6, 6.07) is 17.9. The van der Waals surface area contributed by atoms with Gasteiger partial charge in [-0.2, -0.15) is 13.2 Å². The van der Waals surface area contributed by atoms with E-state index >= 15 is 0 Å². The summed E-state index contributed by atoms with van der Waals surface area (Å²) in [5.41, 5.74) is -0.462. The van der Waals surface area contributed by atoms with Crippen LogP contribution < -0.4 is 4.90 Å². The molecule has 1 aliphatic heterocycles. The minimum absolute atomic E-state index is 0.0954. The second-order valence-corrected chi connectivity index (χ2v) is 8.05. The summed E-state index contributed by atoms with van der Waals surface area (Å²) < 4.78 is 40.6.